The maximum Gasteiger partial charge on any atom is 0.340 e. The summed E-state index contributed by atoms with van der Waals surface area (Å²) in [6, 6.07) is 13.0. The Bertz CT molecular complexity index is 885. The van der Waals surface area contributed by atoms with Crippen molar-refractivity contribution in [2.24, 2.45) is 0 Å². The fraction of sp³-hybridized carbons (Fsp3) is 0.273. The van der Waals surface area contributed by atoms with Gasteiger partial charge in [0.25, 0.3) is 0 Å². The van der Waals surface area contributed by atoms with Crippen LogP contribution in [-0.2, 0) is 19.1 Å². The van der Waals surface area contributed by atoms with E-state index >= 15 is 0 Å². The summed E-state index contributed by atoms with van der Waals surface area (Å²) < 4.78 is 10.1. The van der Waals surface area contributed by atoms with E-state index < -0.39 is 11.9 Å². The van der Waals surface area contributed by atoms with Crippen LogP contribution in [0.4, 0.5) is 11.4 Å². The lowest BCUT2D eigenvalue weighted by atomic mass is 10.2. The summed E-state index contributed by atoms with van der Waals surface area (Å²) in [6.07, 6.45) is -0.0719. The Morgan fingerprint density at radius 3 is 1.41 bits per heavy atom. The number of hydrogen-bond donors (Lipinski definition) is 4. The van der Waals surface area contributed by atoms with Gasteiger partial charge in [-0.3, -0.25) is 9.59 Å². The highest BCUT2D eigenvalue weighted by molar-refractivity contribution is 5.95. The lowest BCUT2D eigenvalue weighted by Crippen LogP contribution is -2.31. The quantitative estimate of drug-likeness (QED) is 0.226. The molecular formula is C22H26N4O6. The number of rotatable bonds is 11. The van der Waals surface area contributed by atoms with E-state index in [2.05, 4.69) is 10.6 Å². The summed E-state index contributed by atoms with van der Waals surface area (Å²) in [5, 5.41) is 5.11. The molecule has 2 rings (SSSR count). The number of ether oxygens (including phenoxy) is 2. The van der Waals surface area contributed by atoms with E-state index in [0.717, 1.165) is 0 Å². The van der Waals surface area contributed by atoms with Gasteiger partial charge in [-0.25, -0.2) is 9.59 Å². The van der Waals surface area contributed by atoms with Gasteiger partial charge in [-0.05, 0) is 24.3 Å². The molecule has 0 heterocycles. The molecule has 0 unspecified atom stereocenters. The first-order valence-corrected chi connectivity index (χ1v) is 9.95. The Hall–Kier alpha value is -4.08. The molecule has 0 aliphatic heterocycles. The molecule has 32 heavy (non-hydrogen) atoms. The normalized spacial score (nSPS) is 10.1. The molecule has 0 spiro atoms. The van der Waals surface area contributed by atoms with E-state index in [1.165, 1.54) is 0 Å². The van der Waals surface area contributed by atoms with Crippen molar-refractivity contribution in [3.8, 4) is 0 Å². The van der Waals surface area contributed by atoms with Gasteiger partial charge in [0.05, 0.1) is 24.2 Å². The summed E-state index contributed by atoms with van der Waals surface area (Å²) in [5.41, 5.74) is 12.5. The fourth-order valence-electron chi connectivity index (χ4n) is 2.59. The number of amides is 2. The first-order chi connectivity index (χ1) is 15.4. The average molecular weight is 442 g/mol. The summed E-state index contributed by atoms with van der Waals surface area (Å²) in [6.45, 7) is 0.166. The van der Waals surface area contributed by atoms with Crippen LogP contribution < -0.4 is 22.1 Å². The first-order valence-electron chi connectivity index (χ1n) is 9.95. The van der Waals surface area contributed by atoms with Crippen LogP contribution in [-0.4, -0.2) is 50.1 Å². The Morgan fingerprint density at radius 2 is 1.03 bits per heavy atom. The molecule has 0 bridgehead atoms. The number of benzene rings is 2. The van der Waals surface area contributed by atoms with Crippen LogP contribution in [0.1, 0.15) is 33.6 Å². The van der Waals surface area contributed by atoms with Crippen LogP contribution in [0.5, 0.6) is 0 Å². The van der Waals surface area contributed by atoms with E-state index in [9.17, 15) is 19.2 Å². The van der Waals surface area contributed by atoms with E-state index in [1.807, 2.05) is 0 Å². The van der Waals surface area contributed by atoms with E-state index in [-0.39, 0.29) is 62.1 Å². The topological polar surface area (TPSA) is 163 Å². The zero-order chi connectivity index (χ0) is 23.3. The molecule has 0 saturated heterocycles. The molecule has 0 atom stereocenters. The SMILES string of the molecule is Nc1ccccc1C(=O)OCCNC(=O)CCC(=O)NCCOC(=O)c1ccccc1N. The van der Waals surface area contributed by atoms with Crippen molar-refractivity contribution >= 4 is 35.1 Å². The van der Waals surface area contributed by atoms with Crippen molar-refractivity contribution in [2.45, 2.75) is 12.8 Å². The number of nitrogens with two attached hydrogens (primary N) is 2. The molecular weight excluding hydrogens is 416 g/mol. The molecule has 2 aromatic carbocycles. The summed E-state index contributed by atoms with van der Waals surface area (Å²) >= 11 is 0. The molecule has 0 fully saturated rings. The molecule has 170 valence electrons. The van der Waals surface area contributed by atoms with Gasteiger partial charge in [0.15, 0.2) is 0 Å². The molecule has 0 aliphatic rings. The Balaban J connectivity index is 1.54. The Morgan fingerprint density at radius 1 is 0.656 bits per heavy atom. The van der Waals surface area contributed by atoms with E-state index in [4.69, 9.17) is 20.9 Å². The molecule has 0 saturated carbocycles. The highest BCUT2D eigenvalue weighted by atomic mass is 16.5. The molecule has 0 radical (unpaired) electrons. The summed E-state index contributed by atoms with van der Waals surface area (Å²) in [7, 11) is 0. The second-order valence-electron chi connectivity index (χ2n) is 6.65. The number of nitrogens with one attached hydrogen (secondary N) is 2. The van der Waals surface area contributed by atoms with Crippen LogP contribution in [0.25, 0.3) is 0 Å². The third-order valence-corrected chi connectivity index (χ3v) is 4.26. The van der Waals surface area contributed by atoms with Crippen LogP contribution >= 0.6 is 0 Å². The molecule has 10 heteroatoms. The molecule has 0 aliphatic carbocycles. The Labute approximate surface area is 185 Å². The maximum atomic E-state index is 11.9. The minimum absolute atomic E-state index is 0.0254. The van der Waals surface area contributed by atoms with E-state index in [1.54, 1.807) is 48.5 Å². The number of carbonyl (C=O) groups is 4. The van der Waals surface area contributed by atoms with Gasteiger partial charge in [0.1, 0.15) is 13.2 Å². The van der Waals surface area contributed by atoms with Crippen molar-refractivity contribution in [2.75, 3.05) is 37.8 Å². The highest BCUT2D eigenvalue weighted by Crippen LogP contribution is 2.12. The van der Waals surface area contributed by atoms with Gasteiger partial charge in [-0.1, -0.05) is 24.3 Å². The third kappa shape index (κ3) is 7.98. The minimum Gasteiger partial charge on any atom is -0.460 e. The molecule has 2 amide bonds. The molecule has 2 aromatic rings. The van der Waals surface area contributed by atoms with Gasteiger partial charge in [-0.15, -0.1) is 0 Å². The van der Waals surface area contributed by atoms with Gasteiger partial charge in [0.2, 0.25) is 11.8 Å². The minimum atomic E-state index is -0.577. The molecule has 0 aromatic heterocycles. The number of esters is 2. The van der Waals surface area contributed by atoms with Crippen LogP contribution in [0.3, 0.4) is 0 Å². The average Bonchev–Trinajstić information content (AvgIpc) is 2.78. The van der Waals surface area contributed by atoms with Crippen molar-refractivity contribution in [3.05, 3.63) is 59.7 Å². The standard InChI is InChI=1S/C22H26N4O6/c23-17-7-3-1-5-15(17)21(29)31-13-11-25-19(27)9-10-20(28)26-12-14-32-22(30)16-6-2-4-8-18(16)24/h1-8H,9-14,23-24H2,(H,25,27)(H,26,28). The van der Waals surface area contributed by atoms with Crippen molar-refractivity contribution in [3.63, 3.8) is 0 Å². The molecule has 10 nitrogen and oxygen atoms in total. The van der Waals surface area contributed by atoms with E-state index in [0.29, 0.717) is 11.4 Å². The summed E-state index contributed by atoms with van der Waals surface area (Å²) in [5.74, 6) is -1.87. The second-order valence-corrected chi connectivity index (χ2v) is 6.65. The smallest absolute Gasteiger partial charge is 0.340 e. The number of hydrogen-bond acceptors (Lipinski definition) is 8. The zero-order valence-corrected chi connectivity index (χ0v) is 17.5. The highest BCUT2D eigenvalue weighted by Gasteiger charge is 2.12. The summed E-state index contributed by atoms with van der Waals surface area (Å²) in [4.78, 5) is 47.4. The van der Waals surface area contributed by atoms with Crippen LogP contribution in [0.2, 0.25) is 0 Å². The van der Waals surface area contributed by atoms with Gasteiger partial charge in [-0.2, -0.15) is 0 Å². The first kappa shape index (κ1) is 24.2. The van der Waals surface area contributed by atoms with Crippen molar-refractivity contribution < 1.29 is 28.7 Å². The van der Waals surface area contributed by atoms with Crippen LogP contribution in [0, 0.1) is 0 Å². The second kappa shape index (κ2) is 12.6. The van der Waals surface area contributed by atoms with Crippen LogP contribution in [0.15, 0.2) is 48.5 Å². The predicted octanol–water partition coefficient (Wildman–Crippen LogP) is 0.877. The van der Waals surface area contributed by atoms with Gasteiger partial charge < -0.3 is 31.6 Å². The lowest BCUT2D eigenvalue weighted by molar-refractivity contribution is -0.126. The van der Waals surface area contributed by atoms with Gasteiger partial charge >= 0.3 is 11.9 Å². The monoisotopic (exact) mass is 442 g/mol. The lowest BCUT2D eigenvalue weighted by Gasteiger charge is -2.09. The van der Waals surface area contributed by atoms with Crippen molar-refractivity contribution in [1.82, 2.24) is 10.6 Å². The largest absolute Gasteiger partial charge is 0.460 e. The zero-order valence-electron chi connectivity index (χ0n) is 17.5. The third-order valence-electron chi connectivity index (χ3n) is 4.26. The predicted molar refractivity (Wildman–Crippen MR) is 118 cm³/mol. The molecule has 6 N–H and O–H groups in total. The number of anilines is 2. The van der Waals surface area contributed by atoms with Gasteiger partial charge in [0, 0.05) is 24.2 Å². The fourth-order valence-corrected chi connectivity index (χ4v) is 2.59. The number of para-hydroxylation sites is 2. The number of nitrogen functional groups attached to an aromatic ring is 2. The van der Waals surface area contributed by atoms with Crippen molar-refractivity contribution in [1.29, 1.82) is 0 Å². The number of carbonyl (C=O) groups excluding carboxylic acids is 4. The maximum absolute atomic E-state index is 11.9. The Kier molecular flexibility index (Phi) is 9.51.